The summed E-state index contributed by atoms with van der Waals surface area (Å²) in [7, 11) is 0. The lowest BCUT2D eigenvalue weighted by Crippen LogP contribution is -2.48. The predicted octanol–water partition coefficient (Wildman–Crippen LogP) is 3.17. The minimum atomic E-state index is -4.53. The highest BCUT2D eigenvalue weighted by atomic mass is 19.4. The van der Waals surface area contributed by atoms with Gasteiger partial charge in [0.15, 0.2) is 0 Å². The number of amides is 1. The van der Waals surface area contributed by atoms with Gasteiger partial charge in [0.1, 0.15) is 0 Å². The van der Waals surface area contributed by atoms with E-state index in [9.17, 15) is 18.0 Å². The van der Waals surface area contributed by atoms with Crippen molar-refractivity contribution in [2.75, 3.05) is 24.5 Å². The van der Waals surface area contributed by atoms with Crippen LogP contribution >= 0.6 is 0 Å². The average molecular weight is 337 g/mol. The Labute approximate surface area is 138 Å². The number of nitriles is 1. The zero-order chi connectivity index (χ0) is 17.3. The van der Waals surface area contributed by atoms with Crippen LogP contribution in [-0.4, -0.2) is 36.5 Å². The summed E-state index contributed by atoms with van der Waals surface area (Å²) < 4.78 is 38.7. The lowest BCUT2D eigenvalue weighted by atomic mass is 10.0. The first-order valence-corrected chi connectivity index (χ1v) is 8.06. The van der Waals surface area contributed by atoms with Crippen LogP contribution in [0.5, 0.6) is 0 Å². The van der Waals surface area contributed by atoms with Crippen molar-refractivity contribution in [3.63, 3.8) is 0 Å². The van der Waals surface area contributed by atoms with Gasteiger partial charge < -0.3 is 9.80 Å². The van der Waals surface area contributed by atoms with Gasteiger partial charge in [-0.05, 0) is 37.5 Å². The van der Waals surface area contributed by atoms with Gasteiger partial charge in [0, 0.05) is 37.8 Å². The monoisotopic (exact) mass is 337 g/mol. The van der Waals surface area contributed by atoms with E-state index in [4.69, 9.17) is 5.26 Å². The van der Waals surface area contributed by atoms with Crippen molar-refractivity contribution in [3.05, 3.63) is 29.3 Å². The fourth-order valence-electron chi connectivity index (χ4n) is 3.57. The second kappa shape index (κ2) is 6.34. The Balaban J connectivity index is 1.81. The molecule has 1 atom stereocenters. The lowest BCUT2D eigenvalue weighted by Gasteiger charge is -2.39. The first kappa shape index (κ1) is 16.6. The number of piperidine rings is 1. The first-order valence-electron chi connectivity index (χ1n) is 8.06. The molecule has 2 heterocycles. The van der Waals surface area contributed by atoms with E-state index in [1.165, 1.54) is 12.1 Å². The van der Waals surface area contributed by atoms with Crippen LogP contribution in [0.15, 0.2) is 18.2 Å². The minimum absolute atomic E-state index is 0.0987. The Kier molecular flexibility index (Phi) is 4.39. The van der Waals surface area contributed by atoms with Crippen LogP contribution in [0.1, 0.15) is 36.8 Å². The molecule has 7 heteroatoms. The number of alkyl halides is 3. The van der Waals surface area contributed by atoms with E-state index in [0.717, 1.165) is 38.4 Å². The maximum atomic E-state index is 12.9. The molecule has 1 unspecified atom stereocenters. The molecular weight excluding hydrogens is 319 g/mol. The molecule has 1 aromatic rings. The molecule has 128 valence electrons. The summed E-state index contributed by atoms with van der Waals surface area (Å²) in [5.41, 5.74) is -0.660. The van der Waals surface area contributed by atoms with Crippen molar-refractivity contribution >= 4 is 11.6 Å². The largest absolute Gasteiger partial charge is 0.417 e. The Bertz CT molecular complexity index is 681. The molecule has 0 spiro atoms. The van der Waals surface area contributed by atoms with Gasteiger partial charge in [-0.25, -0.2) is 0 Å². The molecule has 0 aromatic heterocycles. The van der Waals surface area contributed by atoms with E-state index in [1.54, 1.807) is 6.07 Å². The molecular formula is C17H18F3N3O. The van der Waals surface area contributed by atoms with E-state index < -0.39 is 11.7 Å². The highest BCUT2D eigenvalue weighted by molar-refractivity contribution is 5.78. The summed E-state index contributed by atoms with van der Waals surface area (Å²) in [4.78, 5) is 15.8. The molecule has 0 radical (unpaired) electrons. The third-order valence-corrected chi connectivity index (χ3v) is 4.74. The van der Waals surface area contributed by atoms with Crippen LogP contribution in [0, 0.1) is 11.3 Å². The molecule has 4 nitrogen and oxygen atoms in total. The van der Waals surface area contributed by atoms with Crippen molar-refractivity contribution in [3.8, 4) is 6.07 Å². The fourth-order valence-corrected chi connectivity index (χ4v) is 3.57. The molecule has 1 aromatic carbocycles. The number of rotatable bonds is 2. The number of benzene rings is 1. The zero-order valence-corrected chi connectivity index (χ0v) is 13.1. The van der Waals surface area contributed by atoms with Gasteiger partial charge in [0.2, 0.25) is 5.91 Å². The number of hydrogen-bond acceptors (Lipinski definition) is 3. The van der Waals surface area contributed by atoms with Crippen molar-refractivity contribution in [2.24, 2.45) is 0 Å². The summed E-state index contributed by atoms with van der Waals surface area (Å²) in [5, 5.41) is 9.04. The maximum absolute atomic E-state index is 12.9. The molecule has 0 saturated carbocycles. The molecule has 2 aliphatic rings. The number of nitrogens with zero attached hydrogens (tertiary/aromatic N) is 3. The normalized spacial score (nSPS) is 21.9. The van der Waals surface area contributed by atoms with Gasteiger partial charge in [-0.3, -0.25) is 4.79 Å². The van der Waals surface area contributed by atoms with Gasteiger partial charge in [-0.2, -0.15) is 18.4 Å². The molecule has 24 heavy (non-hydrogen) atoms. The van der Waals surface area contributed by atoms with Gasteiger partial charge in [-0.15, -0.1) is 0 Å². The third-order valence-electron chi connectivity index (χ3n) is 4.74. The van der Waals surface area contributed by atoms with Crippen molar-refractivity contribution in [2.45, 2.75) is 37.9 Å². The van der Waals surface area contributed by atoms with Gasteiger partial charge in [-0.1, -0.05) is 0 Å². The number of halogens is 3. The molecule has 2 saturated heterocycles. The van der Waals surface area contributed by atoms with E-state index in [2.05, 4.69) is 0 Å². The predicted molar refractivity (Wildman–Crippen MR) is 82.3 cm³/mol. The van der Waals surface area contributed by atoms with Gasteiger partial charge in [0.25, 0.3) is 0 Å². The summed E-state index contributed by atoms with van der Waals surface area (Å²) in [5.74, 6) is 0.159. The smallest absolute Gasteiger partial charge is 0.369 e. The highest BCUT2D eigenvalue weighted by Gasteiger charge is 2.35. The number of hydrogen-bond donors (Lipinski definition) is 0. The molecule has 2 aliphatic heterocycles. The number of anilines is 1. The maximum Gasteiger partial charge on any atom is 0.417 e. The Hall–Kier alpha value is -2.23. The Morgan fingerprint density at radius 1 is 1.21 bits per heavy atom. The molecule has 0 bridgehead atoms. The molecule has 0 N–H and O–H groups in total. The van der Waals surface area contributed by atoms with Crippen LogP contribution in [0.3, 0.4) is 0 Å². The van der Waals surface area contributed by atoms with Gasteiger partial charge >= 0.3 is 6.18 Å². The standard InChI is InChI=1S/C17H18F3N3O/c18-17(19,20)15-6-5-13(9-12(15)10-21)22-7-1-3-14(11-22)23-8-2-4-16(23)24/h5-6,9,14H,1-4,7-8,11H2. The van der Waals surface area contributed by atoms with E-state index in [-0.39, 0.29) is 17.5 Å². The lowest BCUT2D eigenvalue weighted by molar-refractivity contribution is -0.137. The highest BCUT2D eigenvalue weighted by Crippen LogP contribution is 2.34. The Morgan fingerprint density at radius 3 is 2.62 bits per heavy atom. The van der Waals surface area contributed by atoms with Crippen molar-refractivity contribution < 1.29 is 18.0 Å². The second-order valence-corrected chi connectivity index (χ2v) is 6.27. The number of likely N-dealkylation sites (tertiary alicyclic amines) is 1. The van der Waals surface area contributed by atoms with Crippen molar-refractivity contribution in [1.82, 2.24) is 4.90 Å². The summed E-state index contributed by atoms with van der Waals surface area (Å²) in [6, 6.07) is 5.43. The van der Waals surface area contributed by atoms with Crippen LogP contribution in [0.4, 0.5) is 18.9 Å². The van der Waals surface area contributed by atoms with Crippen LogP contribution < -0.4 is 4.90 Å². The third kappa shape index (κ3) is 3.18. The zero-order valence-electron chi connectivity index (χ0n) is 13.1. The topological polar surface area (TPSA) is 47.3 Å². The molecule has 1 amide bonds. The minimum Gasteiger partial charge on any atom is -0.369 e. The SMILES string of the molecule is N#Cc1cc(N2CCCC(N3CCCC3=O)C2)ccc1C(F)(F)F. The molecule has 2 fully saturated rings. The van der Waals surface area contributed by atoms with Crippen LogP contribution in [-0.2, 0) is 11.0 Å². The Morgan fingerprint density at radius 2 is 2.00 bits per heavy atom. The number of carbonyl (C=O) groups is 1. The quantitative estimate of drug-likeness (QED) is 0.833. The van der Waals surface area contributed by atoms with Crippen LogP contribution in [0.25, 0.3) is 0 Å². The summed E-state index contributed by atoms with van der Waals surface area (Å²) in [6.07, 6.45) is -1.30. The summed E-state index contributed by atoms with van der Waals surface area (Å²) in [6.45, 7) is 2.07. The number of carbonyl (C=O) groups excluding carboxylic acids is 1. The van der Waals surface area contributed by atoms with Crippen molar-refractivity contribution in [1.29, 1.82) is 5.26 Å². The van der Waals surface area contributed by atoms with E-state index >= 15 is 0 Å². The van der Waals surface area contributed by atoms with E-state index in [1.807, 2.05) is 9.80 Å². The summed E-state index contributed by atoms with van der Waals surface area (Å²) >= 11 is 0. The van der Waals surface area contributed by atoms with Crippen LogP contribution in [0.2, 0.25) is 0 Å². The first-order chi connectivity index (χ1) is 11.4. The molecule has 0 aliphatic carbocycles. The van der Waals surface area contributed by atoms with Gasteiger partial charge in [0.05, 0.1) is 17.2 Å². The fraction of sp³-hybridized carbons (Fsp3) is 0.529. The van der Waals surface area contributed by atoms with E-state index in [0.29, 0.717) is 18.7 Å². The second-order valence-electron chi connectivity index (χ2n) is 6.27. The average Bonchev–Trinajstić information content (AvgIpc) is 2.99. The molecule has 3 rings (SSSR count).